The highest BCUT2D eigenvalue weighted by Crippen LogP contribution is 2.55. The van der Waals surface area contributed by atoms with Crippen molar-refractivity contribution >= 4 is 17.9 Å². The summed E-state index contributed by atoms with van der Waals surface area (Å²) in [6.45, 7) is 0. The van der Waals surface area contributed by atoms with Crippen LogP contribution in [0.1, 0.15) is 6.42 Å². The van der Waals surface area contributed by atoms with E-state index in [0.29, 0.717) is 6.29 Å². The van der Waals surface area contributed by atoms with Gasteiger partial charge in [-0.25, -0.2) is 0 Å². The maximum atomic E-state index is 12.5. The molecular weight excluding hydrogens is 390 g/mol. The molecule has 1 saturated heterocycles. The molecule has 0 radical (unpaired) electrons. The van der Waals surface area contributed by atoms with Gasteiger partial charge in [-0.3, -0.25) is 14.6 Å². The molecule has 152 valence electrons. The summed E-state index contributed by atoms with van der Waals surface area (Å²) in [5, 5.41) is 40.8. The highest BCUT2D eigenvalue weighted by atomic mass is 16.2. The van der Waals surface area contributed by atoms with Crippen LogP contribution in [-0.2, 0) is 9.59 Å². The maximum absolute atomic E-state index is 12.5. The Kier molecular flexibility index (Phi) is 4.31. The monoisotopic (exact) mass is 407 g/mol. The van der Waals surface area contributed by atoms with E-state index < -0.39 is 46.1 Å². The van der Waals surface area contributed by atoms with Crippen molar-refractivity contribution < 1.29 is 9.59 Å². The third-order valence-electron chi connectivity index (χ3n) is 6.25. The Labute approximate surface area is 170 Å². The predicted octanol–water partition coefficient (Wildman–Crippen LogP) is -4.38. The second kappa shape index (κ2) is 6.15. The number of carbonyl (C=O) groups is 2. The number of amides is 1. The minimum absolute atomic E-state index is 0.0636. The van der Waals surface area contributed by atoms with Gasteiger partial charge in [-0.05, 0) is 5.57 Å². The van der Waals surface area contributed by atoms with E-state index in [1.807, 2.05) is 6.07 Å². The number of carbonyl (C=O) groups excluding carboxylic acids is 2. The van der Waals surface area contributed by atoms with Gasteiger partial charge in [0.2, 0.25) is 5.54 Å². The Balaban J connectivity index is 2.31. The lowest BCUT2D eigenvalue weighted by atomic mass is 9.42. The summed E-state index contributed by atoms with van der Waals surface area (Å²) in [7, 11) is 0. The van der Waals surface area contributed by atoms with Crippen molar-refractivity contribution in [2.24, 2.45) is 39.6 Å². The number of fused-ring (bicyclic) bond motifs is 4. The van der Waals surface area contributed by atoms with Crippen LogP contribution in [0, 0.1) is 51.2 Å². The van der Waals surface area contributed by atoms with Crippen LogP contribution in [0.4, 0.5) is 0 Å². The number of nitriles is 4. The highest BCUT2D eigenvalue weighted by molar-refractivity contribution is 6.15. The molecule has 13 nitrogen and oxygen atoms in total. The summed E-state index contributed by atoms with van der Waals surface area (Å²) in [6, 6.07) is 4.63. The average molecular weight is 407 g/mol. The molecule has 1 aliphatic carbocycles. The zero-order valence-corrected chi connectivity index (χ0v) is 15.5. The molecule has 3 rings (SSSR count). The zero-order chi connectivity index (χ0) is 22.7. The van der Waals surface area contributed by atoms with E-state index >= 15 is 0 Å². The fourth-order valence-corrected chi connectivity index (χ4v) is 4.55. The van der Waals surface area contributed by atoms with Crippen LogP contribution in [0.5, 0.6) is 0 Å². The number of nitrogens with one attached hydrogen (secondary N) is 1. The van der Waals surface area contributed by atoms with Crippen LogP contribution in [0.25, 0.3) is 0 Å². The standard InChI is InChI=1S/C17H17N11O2/c18-2-7(22)1-8-9(3-29)27-12-10-11(17(12,26)14(8,23)4-19)15(24,5-20)16(25,6-21)13(30)28-10/h3,7,10-11H,1,22-26H2,(H,28,30). The van der Waals surface area contributed by atoms with Crippen LogP contribution < -0.4 is 34.0 Å². The first kappa shape index (κ1) is 21.0. The smallest absolute Gasteiger partial charge is 0.258 e. The number of hydrogen-bond donors (Lipinski definition) is 6. The number of piperidine rings is 1. The van der Waals surface area contributed by atoms with Gasteiger partial charge >= 0.3 is 0 Å². The fraction of sp³-hybridized carbons (Fsp3) is 0.471. The van der Waals surface area contributed by atoms with Gasteiger partial charge in [0.05, 0.1) is 42.1 Å². The molecule has 0 aromatic heterocycles. The van der Waals surface area contributed by atoms with Crippen LogP contribution in [0.2, 0.25) is 0 Å². The molecule has 30 heavy (non-hydrogen) atoms. The van der Waals surface area contributed by atoms with Gasteiger partial charge in [-0.2, -0.15) is 21.0 Å². The van der Waals surface area contributed by atoms with Crippen molar-refractivity contribution in [1.29, 1.82) is 21.0 Å². The van der Waals surface area contributed by atoms with Crippen molar-refractivity contribution in [1.82, 2.24) is 5.32 Å². The molecule has 0 spiro atoms. The first-order valence-corrected chi connectivity index (χ1v) is 8.60. The topological polar surface area (TPSA) is 284 Å². The maximum Gasteiger partial charge on any atom is 0.258 e. The van der Waals surface area contributed by atoms with E-state index in [4.69, 9.17) is 33.9 Å². The van der Waals surface area contributed by atoms with E-state index in [0.717, 1.165) is 0 Å². The predicted molar refractivity (Wildman–Crippen MR) is 98.7 cm³/mol. The first-order chi connectivity index (χ1) is 14.0. The number of allylic oxidation sites excluding steroid dienone is 1. The zero-order valence-electron chi connectivity index (χ0n) is 15.5. The minimum atomic E-state index is -2.50. The number of rotatable bonds is 3. The van der Waals surface area contributed by atoms with Crippen molar-refractivity contribution in [3.05, 3.63) is 11.3 Å². The van der Waals surface area contributed by atoms with Gasteiger partial charge in [0.1, 0.15) is 11.2 Å². The van der Waals surface area contributed by atoms with Crippen molar-refractivity contribution in [2.45, 2.75) is 40.7 Å². The molecular formula is C17H17N11O2. The van der Waals surface area contributed by atoms with Crippen LogP contribution in [-0.4, -0.2) is 52.1 Å². The van der Waals surface area contributed by atoms with Gasteiger partial charge in [0.15, 0.2) is 17.4 Å². The number of nitrogens with zero attached hydrogens (tertiary/aromatic N) is 5. The lowest BCUT2D eigenvalue weighted by Gasteiger charge is -2.67. The number of nitrogens with two attached hydrogens (primary N) is 5. The summed E-state index contributed by atoms with van der Waals surface area (Å²) in [6.07, 6.45) is 0.00960. The van der Waals surface area contributed by atoms with E-state index in [-0.39, 0.29) is 23.4 Å². The summed E-state index contributed by atoms with van der Waals surface area (Å²) in [4.78, 5) is 28.3. The van der Waals surface area contributed by atoms with Gasteiger partial charge in [-0.1, -0.05) is 0 Å². The van der Waals surface area contributed by atoms with Crippen molar-refractivity contribution in [3.8, 4) is 24.3 Å². The quantitative estimate of drug-likeness (QED) is 0.243. The molecule has 1 amide bonds. The molecule has 7 unspecified atom stereocenters. The van der Waals surface area contributed by atoms with Gasteiger partial charge < -0.3 is 34.0 Å². The molecule has 11 N–H and O–H groups in total. The van der Waals surface area contributed by atoms with Crippen molar-refractivity contribution in [2.75, 3.05) is 0 Å². The molecule has 1 saturated carbocycles. The molecule has 7 atom stereocenters. The van der Waals surface area contributed by atoms with Crippen LogP contribution in [0.3, 0.4) is 0 Å². The summed E-state index contributed by atoms with van der Waals surface area (Å²) in [5.74, 6) is -2.35. The number of aliphatic imine (C=N–C) groups is 1. The van der Waals surface area contributed by atoms with Gasteiger partial charge in [0.25, 0.3) is 5.91 Å². The van der Waals surface area contributed by atoms with Crippen molar-refractivity contribution in [3.63, 3.8) is 0 Å². The SMILES string of the molecule is N#CC(N)CC1=C(C=O)N=C2C3NC(=O)C(N)(C#N)C(N)(C#N)C3C2(N)C1(N)C#N. The van der Waals surface area contributed by atoms with E-state index in [9.17, 15) is 25.4 Å². The second-order valence-electron chi connectivity index (χ2n) is 7.54. The lowest BCUT2D eigenvalue weighted by molar-refractivity contribution is -0.133. The van der Waals surface area contributed by atoms with Gasteiger partial charge in [0, 0.05) is 12.3 Å². The lowest BCUT2D eigenvalue weighted by Crippen LogP contribution is -2.97. The Bertz CT molecular complexity index is 1100. The molecule has 2 aliphatic heterocycles. The number of hydrogen-bond acceptors (Lipinski definition) is 12. The van der Waals surface area contributed by atoms with Crippen LogP contribution >= 0.6 is 0 Å². The molecule has 0 aromatic carbocycles. The minimum Gasteiger partial charge on any atom is -0.345 e. The fourth-order valence-electron chi connectivity index (χ4n) is 4.55. The van der Waals surface area contributed by atoms with E-state index in [1.54, 1.807) is 18.2 Å². The molecule has 0 bridgehead atoms. The highest BCUT2D eigenvalue weighted by Gasteiger charge is 2.80. The number of aldehydes is 1. The Morgan fingerprint density at radius 3 is 2.17 bits per heavy atom. The Hall–Kier alpha value is -3.69. The third-order valence-corrected chi connectivity index (χ3v) is 6.25. The van der Waals surface area contributed by atoms with E-state index in [2.05, 4.69) is 10.3 Å². The average Bonchev–Trinajstić information content (AvgIpc) is 2.74. The molecule has 2 heterocycles. The molecule has 2 fully saturated rings. The summed E-state index contributed by atoms with van der Waals surface area (Å²) >= 11 is 0. The molecule has 0 aromatic rings. The summed E-state index contributed by atoms with van der Waals surface area (Å²) in [5.41, 5.74) is 21.2. The molecule has 3 aliphatic rings. The largest absolute Gasteiger partial charge is 0.345 e. The third kappa shape index (κ3) is 2.00. The normalized spacial score (nSPS) is 42.4. The van der Waals surface area contributed by atoms with Crippen LogP contribution in [0.15, 0.2) is 16.3 Å². The summed E-state index contributed by atoms with van der Waals surface area (Å²) < 4.78 is 0. The Morgan fingerprint density at radius 2 is 1.70 bits per heavy atom. The van der Waals surface area contributed by atoms with E-state index in [1.165, 1.54) is 0 Å². The molecule has 13 heteroatoms. The Morgan fingerprint density at radius 1 is 1.10 bits per heavy atom. The first-order valence-electron chi connectivity index (χ1n) is 8.60. The van der Waals surface area contributed by atoms with Gasteiger partial charge in [-0.15, -0.1) is 0 Å². The second-order valence-corrected chi connectivity index (χ2v) is 7.54.